The summed E-state index contributed by atoms with van der Waals surface area (Å²) in [5, 5.41) is 6.07. The van der Waals surface area contributed by atoms with Crippen LogP contribution >= 0.6 is 47.2 Å². The van der Waals surface area contributed by atoms with Crippen LogP contribution in [0.25, 0.3) is 23.0 Å². The fourth-order valence-corrected chi connectivity index (χ4v) is 6.59. The molecule has 9 heteroatoms. The minimum atomic E-state index is -0.0356. The molecule has 1 fully saturated rings. The van der Waals surface area contributed by atoms with Gasteiger partial charge in [0.2, 0.25) is 0 Å². The highest BCUT2D eigenvalue weighted by molar-refractivity contribution is 8.26. The predicted molar refractivity (Wildman–Crippen MR) is 183 cm³/mol. The molecule has 1 aromatic heterocycles. The first kappa shape index (κ1) is 31.3. The molecule has 0 unspecified atom stereocenters. The van der Waals surface area contributed by atoms with E-state index < -0.39 is 0 Å². The Kier molecular flexibility index (Phi) is 11.0. The number of carbonyl (C=O) groups is 1. The molecule has 5 rings (SSSR count). The van der Waals surface area contributed by atoms with Crippen molar-refractivity contribution in [2.45, 2.75) is 52.1 Å². The second kappa shape index (κ2) is 15.1. The van der Waals surface area contributed by atoms with Crippen molar-refractivity contribution in [3.05, 3.63) is 105 Å². The molecule has 1 aliphatic heterocycles. The van der Waals surface area contributed by atoms with Gasteiger partial charge in [-0.3, -0.25) is 9.69 Å². The summed E-state index contributed by atoms with van der Waals surface area (Å²) in [6, 6.07) is 23.0. The topological polar surface area (TPSA) is 47.4 Å². The third-order valence-corrected chi connectivity index (χ3v) is 9.16. The second-order valence-corrected chi connectivity index (χ2v) is 12.9. The standard InChI is InChI=1S/C34H33Cl2N3O2S2/c1-2-3-4-5-6-10-19-38-33(40)31(43-34(38)42)20-26-22-39(28-11-8-7-9-12-28)37-32(26)24-14-17-29(18-15-24)41-23-25-13-16-27(35)21-30(25)36/h7-9,11-18,20-22H,2-6,10,19,23H2,1H3/b31-20-. The first-order valence-corrected chi connectivity index (χ1v) is 16.5. The fraction of sp³-hybridized carbons (Fsp3) is 0.265. The Labute approximate surface area is 272 Å². The Morgan fingerprint density at radius 2 is 1.70 bits per heavy atom. The zero-order valence-corrected chi connectivity index (χ0v) is 27.1. The first-order valence-electron chi connectivity index (χ1n) is 14.5. The number of ether oxygens (including phenoxy) is 1. The van der Waals surface area contributed by atoms with Crippen LogP contribution in [0, 0.1) is 0 Å². The summed E-state index contributed by atoms with van der Waals surface area (Å²) in [5.41, 5.74) is 4.29. The second-order valence-electron chi connectivity index (χ2n) is 10.4. The van der Waals surface area contributed by atoms with Crippen molar-refractivity contribution >= 4 is 63.5 Å². The van der Waals surface area contributed by atoms with Crippen LogP contribution in [0.3, 0.4) is 0 Å². The van der Waals surface area contributed by atoms with Gasteiger partial charge in [-0.15, -0.1) is 0 Å². The van der Waals surface area contributed by atoms with Crippen molar-refractivity contribution in [2.24, 2.45) is 0 Å². The van der Waals surface area contributed by atoms with E-state index in [1.807, 2.05) is 77.6 Å². The van der Waals surface area contributed by atoms with E-state index in [1.54, 1.807) is 17.0 Å². The minimum absolute atomic E-state index is 0.0356. The maximum Gasteiger partial charge on any atom is 0.266 e. The fourth-order valence-electron chi connectivity index (χ4n) is 4.82. The zero-order valence-electron chi connectivity index (χ0n) is 24.0. The number of benzene rings is 3. The van der Waals surface area contributed by atoms with E-state index in [4.69, 9.17) is 45.3 Å². The van der Waals surface area contributed by atoms with E-state index in [2.05, 4.69) is 6.92 Å². The summed E-state index contributed by atoms with van der Waals surface area (Å²) in [4.78, 5) is 15.7. The number of unbranched alkanes of at least 4 members (excludes halogenated alkanes) is 5. The Bertz CT molecular complexity index is 1600. The molecule has 3 aromatic carbocycles. The van der Waals surface area contributed by atoms with Gasteiger partial charge in [0.05, 0.1) is 16.3 Å². The Morgan fingerprint density at radius 1 is 0.953 bits per heavy atom. The zero-order chi connectivity index (χ0) is 30.2. The van der Waals surface area contributed by atoms with Crippen LogP contribution in [0.4, 0.5) is 0 Å². The number of thioether (sulfide) groups is 1. The van der Waals surface area contributed by atoms with E-state index in [1.165, 1.54) is 37.4 Å². The maximum atomic E-state index is 13.4. The molecule has 1 saturated heterocycles. The number of halogens is 2. The molecule has 43 heavy (non-hydrogen) atoms. The largest absolute Gasteiger partial charge is 0.489 e. The van der Waals surface area contributed by atoms with Crippen molar-refractivity contribution < 1.29 is 9.53 Å². The van der Waals surface area contributed by atoms with Gasteiger partial charge >= 0.3 is 0 Å². The van der Waals surface area contributed by atoms with Crippen LogP contribution in [-0.2, 0) is 11.4 Å². The predicted octanol–water partition coefficient (Wildman–Crippen LogP) is 9.99. The van der Waals surface area contributed by atoms with E-state index >= 15 is 0 Å². The van der Waals surface area contributed by atoms with Crippen LogP contribution in [0.2, 0.25) is 10.0 Å². The number of thiocarbonyl (C=S) groups is 1. The number of nitrogens with zero attached hydrogens (tertiary/aromatic N) is 3. The molecule has 0 atom stereocenters. The van der Waals surface area contributed by atoms with E-state index in [0.29, 0.717) is 38.2 Å². The minimum Gasteiger partial charge on any atom is -0.489 e. The monoisotopic (exact) mass is 649 g/mol. The number of carbonyl (C=O) groups excluding carboxylic acids is 1. The van der Waals surface area contributed by atoms with Crippen molar-refractivity contribution in [3.63, 3.8) is 0 Å². The number of hydrogen-bond acceptors (Lipinski definition) is 5. The number of amides is 1. The van der Waals surface area contributed by atoms with Gasteiger partial charge in [-0.1, -0.05) is 110 Å². The van der Waals surface area contributed by atoms with Gasteiger partial charge in [0.15, 0.2) is 0 Å². The smallest absolute Gasteiger partial charge is 0.266 e. The normalized spacial score (nSPS) is 14.2. The lowest BCUT2D eigenvalue weighted by atomic mass is 10.1. The van der Waals surface area contributed by atoms with Crippen molar-refractivity contribution in [3.8, 4) is 22.7 Å². The summed E-state index contributed by atoms with van der Waals surface area (Å²) >= 11 is 19.3. The average Bonchev–Trinajstić information content (AvgIpc) is 3.55. The summed E-state index contributed by atoms with van der Waals surface area (Å²) in [6.07, 6.45) is 10.9. The van der Waals surface area contributed by atoms with Gasteiger partial charge < -0.3 is 4.74 Å². The molecule has 5 nitrogen and oxygen atoms in total. The van der Waals surface area contributed by atoms with Crippen LogP contribution in [-0.4, -0.2) is 31.5 Å². The van der Waals surface area contributed by atoms with Crippen molar-refractivity contribution in [1.29, 1.82) is 0 Å². The van der Waals surface area contributed by atoms with Crippen LogP contribution < -0.4 is 4.74 Å². The van der Waals surface area contributed by atoms with E-state index in [0.717, 1.165) is 40.9 Å². The Morgan fingerprint density at radius 3 is 2.44 bits per heavy atom. The third kappa shape index (κ3) is 8.09. The van der Waals surface area contributed by atoms with Gasteiger partial charge in [0, 0.05) is 39.5 Å². The van der Waals surface area contributed by atoms with Crippen LogP contribution in [0.5, 0.6) is 5.75 Å². The van der Waals surface area contributed by atoms with Crippen molar-refractivity contribution in [1.82, 2.24) is 14.7 Å². The summed E-state index contributed by atoms with van der Waals surface area (Å²) in [7, 11) is 0. The highest BCUT2D eigenvalue weighted by Crippen LogP contribution is 2.35. The number of aromatic nitrogens is 2. The van der Waals surface area contributed by atoms with Gasteiger partial charge in [-0.2, -0.15) is 5.10 Å². The molecular formula is C34H33Cl2N3O2S2. The number of para-hydroxylation sites is 1. The molecule has 1 amide bonds. The van der Waals surface area contributed by atoms with Crippen LogP contribution in [0.1, 0.15) is 56.6 Å². The molecule has 0 saturated carbocycles. The maximum absolute atomic E-state index is 13.4. The molecule has 0 radical (unpaired) electrons. The molecule has 0 aliphatic carbocycles. The molecule has 2 heterocycles. The lowest BCUT2D eigenvalue weighted by molar-refractivity contribution is -0.122. The molecule has 0 spiro atoms. The van der Waals surface area contributed by atoms with Crippen molar-refractivity contribution in [2.75, 3.05) is 6.54 Å². The quantitative estimate of drug-likeness (QED) is 0.0819. The van der Waals surface area contributed by atoms with Gasteiger partial charge in [-0.05, 0) is 61.0 Å². The molecule has 4 aromatic rings. The molecule has 222 valence electrons. The molecular weight excluding hydrogens is 617 g/mol. The number of hydrogen-bond donors (Lipinski definition) is 0. The Balaban J connectivity index is 1.35. The van der Waals surface area contributed by atoms with E-state index in [-0.39, 0.29) is 5.91 Å². The van der Waals surface area contributed by atoms with E-state index in [9.17, 15) is 4.79 Å². The highest BCUT2D eigenvalue weighted by Gasteiger charge is 2.32. The van der Waals surface area contributed by atoms with Gasteiger partial charge in [0.1, 0.15) is 16.7 Å². The first-order chi connectivity index (χ1) is 20.9. The summed E-state index contributed by atoms with van der Waals surface area (Å²) in [6.45, 7) is 3.20. The molecule has 1 aliphatic rings. The number of rotatable bonds is 13. The Hall–Kier alpha value is -3.10. The third-order valence-electron chi connectivity index (χ3n) is 7.20. The average molecular weight is 651 g/mol. The lowest BCUT2D eigenvalue weighted by Crippen LogP contribution is -2.29. The molecule has 0 N–H and O–H groups in total. The molecule has 0 bridgehead atoms. The van der Waals surface area contributed by atoms with Gasteiger partial charge in [0.25, 0.3) is 5.91 Å². The highest BCUT2D eigenvalue weighted by atomic mass is 35.5. The summed E-state index contributed by atoms with van der Waals surface area (Å²) < 4.78 is 8.43. The van der Waals surface area contributed by atoms with Gasteiger partial charge in [-0.25, -0.2) is 4.68 Å². The summed E-state index contributed by atoms with van der Waals surface area (Å²) in [5.74, 6) is 0.668. The SMILES string of the molecule is CCCCCCCCN1C(=O)/C(=C/c2cn(-c3ccccc3)nc2-c2ccc(OCc3ccc(Cl)cc3Cl)cc2)SC1=S. The van der Waals surface area contributed by atoms with Crippen LogP contribution in [0.15, 0.2) is 83.9 Å². The lowest BCUT2D eigenvalue weighted by Gasteiger charge is -2.14.